The number of nitrogens with zero attached hydrogens (tertiary/aromatic N) is 2. The maximum absolute atomic E-state index is 4.54. The first-order chi connectivity index (χ1) is 8.75. The van der Waals surface area contributed by atoms with Crippen LogP contribution in [0.4, 0.5) is 0 Å². The number of fused-ring (bicyclic) bond motifs is 1. The van der Waals surface area contributed by atoms with E-state index < -0.39 is 0 Å². The summed E-state index contributed by atoms with van der Waals surface area (Å²) in [7, 11) is 0. The predicted octanol–water partition coefficient (Wildman–Crippen LogP) is 1.72. The first kappa shape index (κ1) is 12.2. The Morgan fingerprint density at radius 3 is 2.83 bits per heavy atom. The van der Waals surface area contributed by atoms with Gasteiger partial charge in [-0.1, -0.05) is 0 Å². The first-order valence-corrected chi connectivity index (χ1v) is 7.25. The van der Waals surface area contributed by atoms with Crippen LogP contribution in [0.2, 0.25) is 0 Å². The molecule has 1 saturated heterocycles. The fourth-order valence-corrected chi connectivity index (χ4v) is 3.41. The van der Waals surface area contributed by atoms with E-state index in [-0.39, 0.29) is 0 Å². The third kappa shape index (κ3) is 2.19. The first-order valence-electron chi connectivity index (χ1n) is 7.25. The number of aromatic amines is 1. The summed E-state index contributed by atoms with van der Waals surface area (Å²) in [5.74, 6) is 0.752. The minimum atomic E-state index is 0.481. The Morgan fingerprint density at radius 2 is 2.11 bits per heavy atom. The van der Waals surface area contributed by atoms with Gasteiger partial charge in [-0.3, -0.25) is 0 Å². The minimum Gasteiger partial charge on any atom is -0.348 e. The molecule has 0 spiro atoms. The molecule has 1 aromatic rings. The molecule has 4 heteroatoms. The smallest absolute Gasteiger partial charge is 0.0925 e. The van der Waals surface area contributed by atoms with Crippen LogP contribution in [-0.4, -0.2) is 40.5 Å². The van der Waals surface area contributed by atoms with E-state index in [4.69, 9.17) is 0 Å². The van der Waals surface area contributed by atoms with Crippen molar-refractivity contribution in [3.63, 3.8) is 0 Å². The lowest BCUT2D eigenvalue weighted by atomic mass is 9.85. The summed E-state index contributed by atoms with van der Waals surface area (Å²) >= 11 is 0. The average molecular weight is 248 g/mol. The number of H-pyrrole nitrogens is 1. The normalized spacial score (nSPS) is 26.5. The summed E-state index contributed by atoms with van der Waals surface area (Å²) in [6.07, 6.45) is 5.54. The van der Waals surface area contributed by atoms with E-state index in [9.17, 15) is 0 Å². The Bertz CT molecular complexity index is 390. The highest BCUT2D eigenvalue weighted by Gasteiger charge is 2.32. The summed E-state index contributed by atoms with van der Waals surface area (Å²) in [5, 5.41) is 3.67. The zero-order valence-corrected chi connectivity index (χ0v) is 11.4. The zero-order chi connectivity index (χ0) is 12.5. The van der Waals surface area contributed by atoms with Crippen molar-refractivity contribution in [2.75, 3.05) is 19.6 Å². The molecule has 1 atom stereocenters. The number of hydrogen-bond acceptors (Lipinski definition) is 3. The quantitative estimate of drug-likeness (QED) is 0.837. The molecule has 18 heavy (non-hydrogen) atoms. The van der Waals surface area contributed by atoms with Crippen LogP contribution in [0.1, 0.15) is 44.1 Å². The van der Waals surface area contributed by atoms with Crippen LogP contribution in [0.25, 0.3) is 0 Å². The molecule has 1 unspecified atom stereocenters. The summed E-state index contributed by atoms with van der Waals surface area (Å²) in [4.78, 5) is 10.4. The molecule has 0 aliphatic carbocycles. The van der Waals surface area contributed by atoms with Gasteiger partial charge in [0.2, 0.25) is 0 Å². The van der Waals surface area contributed by atoms with E-state index in [1.165, 1.54) is 37.3 Å². The SMILES string of the molecule is CC(C)N1CCC(C2NCCc3[nH]cnc32)CC1. The standard InChI is InChI=1S/C14H24N4/c1-10(2)18-7-4-11(5-8-18)13-14-12(3-6-15-13)16-9-17-14/h9-11,13,15H,3-8H2,1-2H3,(H,16,17). The Morgan fingerprint density at radius 1 is 1.33 bits per heavy atom. The fraction of sp³-hybridized carbons (Fsp3) is 0.786. The Balaban J connectivity index is 1.68. The maximum atomic E-state index is 4.54. The van der Waals surface area contributed by atoms with Crippen molar-refractivity contribution in [3.8, 4) is 0 Å². The number of likely N-dealkylation sites (tertiary alicyclic amines) is 1. The number of aromatic nitrogens is 2. The van der Waals surface area contributed by atoms with Crippen LogP contribution in [0.5, 0.6) is 0 Å². The molecule has 3 rings (SSSR count). The summed E-state index contributed by atoms with van der Waals surface area (Å²) in [6, 6.07) is 1.17. The van der Waals surface area contributed by atoms with Gasteiger partial charge >= 0.3 is 0 Å². The monoisotopic (exact) mass is 248 g/mol. The van der Waals surface area contributed by atoms with E-state index >= 15 is 0 Å². The second-order valence-electron chi connectivity index (χ2n) is 5.92. The van der Waals surface area contributed by atoms with Gasteiger partial charge in [-0.05, 0) is 45.7 Å². The number of nitrogens with one attached hydrogen (secondary N) is 2. The van der Waals surface area contributed by atoms with Gasteiger partial charge in [-0.2, -0.15) is 0 Å². The number of piperidine rings is 1. The van der Waals surface area contributed by atoms with Gasteiger partial charge in [0.05, 0.1) is 18.1 Å². The van der Waals surface area contributed by atoms with E-state index in [1.54, 1.807) is 0 Å². The molecule has 1 fully saturated rings. The van der Waals surface area contributed by atoms with Gasteiger partial charge in [0.1, 0.15) is 0 Å². The minimum absolute atomic E-state index is 0.481. The van der Waals surface area contributed by atoms with Crippen LogP contribution >= 0.6 is 0 Å². The third-order valence-corrected chi connectivity index (χ3v) is 4.56. The van der Waals surface area contributed by atoms with Crippen molar-refractivity contribution in [1.29, 1.82) is 0 Å². The Hall–Kier alpha value is -0.870. The van der Waals surface area contributed by atoms with Gasteiger partial charge in [-0.15, -0.1) is 0 Å². The number of hydrogen-bond donors (Lipinski definition) is 2. The summed E-state index contributed by atoms with van der Waals surface area (Å²) < 4.78 is 0. The molecule has 0 aromatic carbocycles. The largest absolute Gasteiger partial charge is 0.348 e. The molecule has 2 aliphatic rings. The van der Waals surface area contributed by atoms with Crippen molar-refractivity contribution in [2.45, 2.75) is 45.2 Å². The molecule has 2 aliphatic heterocycles. The summed E-state index contributed by atoms with van der Waals surface area (Å²) in [5.41, 5.74) is 2.63. The molecular formula is C14H24N4. The number of imidazole rings is 1. The molecule has 3 heterocycles. The highest BCUT2D eigenvalue weighted by molar-refractivity contribution is 5.20. The predicted molar refractivity (Wildman–Crippen MR) is 72.5 cm³/mol. The molecule has 0 amide bonds. The number of rotatable bonds is 2. The van der Waals surface area contributed by atoms with Crippen LogP contribution in [-0.2, 0) is 6.42 Å². The maximum Gasteiger partial charge on any atom is 0.0925 e. The molecule has 100 valence electrons. The van der Waals surface area contributed by atoms with Crippen molar-refractivity contribution in [3.05, 3.63) is 17.7 Å². The second kappa shape index (κ2) is 5.02. The van der Waals surface area contributed by atoms with Crippen molar-refractivity contribution in [1.82, 2.24) is 20.2 Å². The van der Waals surface area contributed by atoms with Gasteiger partial charge < -0.3 is 15.2 Å². The van der Waals surface area contributed by atoms with Crippen molar-refractivity contribution >= 4 is 0 Å². The lowest BCUT2D eigenvalue weighted by Gasteiger charge is -2.39. The van der Waals surface area contributed by atoms with Crippen LogP contribution < -0.4 is 5.32 Å². The van der Waals surface area contributed by atoms with Crippen LogP contribution in [0, 0.1) is 5.92 Å². The molecular weight excluding hydrogens is 224 g/mol. The van der Waals surface area contributed by atoms with E-state index in [2.05, 4.69) is 34.0 Å². The lowest BCUT2D eigenvalue weighted by Crippen LogP contribution is -2.43. The van der Waals surface area contributed by atoms with E-state index in [1.807, 2.05) is 6.33 Å². The lowest BCUT2D eigenvalue weighted by molar-refractivity contribution is 0.127. The van der Waals surface area contributed by atoms with Crippen molar-refractivity contribution in [2.24, 2.45) is 5.92 Å². The van der Waals surface area contributed by atoms with Gasteiger partial charge in [0.15, 0.2) is 0 Å². The fourth-order valence-electron chi connectivity index (χ4n) is 3.41. The van der Waals surface area contributed by atoms with E-state index in [0.29, 0.717) is 12.1 Å². The highest BCUT2D eigenvalue weighted by Crippen LogP contribution is 2.33. The molecule has 0 saturated carbocycles. The Labute approximate surface area is 109 Å². The van der Waals surface area contributed by atoms with Crippen LogP contribution in [0.3, 0.4) is 0 Å². The Kier molecular flexibility index (Phi) is 3.39. The molecule has 4 nitrogen and oxygen atoms in total. The molecule has 1 aromatic heterocycles. The molecule has 0 radical (unpaired) electrons. The third-order valence-electron chi connectivity index (χ3n) is 4.56. The second-order valence-corrected chi connectivity index (χ2v) is 5.92. The topological polar surface area (TPSA) is 44.0 Å². The van der Waals surface area contributed by atoms with E-state index in [0.717, 1.165) is 18.9 Å². The van der Waals surface area contributed by atoms with Crippen LogP contribution in [0.15, 0.2) is 6.33 Å². The van der Waals surface area contributed by atoms with Gasteiger partial charge in [0, 0.05) is 24.7 Å². The van der Waals surface area contributed by atoms with Gasteiger partial charge in [0.25, 0.3) is 0 Å². The zero-order valence-electron chi connectivity index (χ0n) is 11.4. The molecule has 0 bridgehead atoms. The average Bonchev–Trinajstić information content (AvgIpc) is 2.87. The van der Waals surface area contributed by atoms with Gasteiger partial charge in [-0.25, -0.2) is 4.98 Å². The van der Waals surface area contributed by atoms with Crippen molar-refractivity contribution < 1.29 is 0 Å². The summed E-state index contributed by atoms with van der Waals surface area (Å²) in [6.45, 7) is 8.15. The molecule has 2 N–H and O–H groups in total. The highest BCUT2D eigenvalue weighted by atomic mass is 15.2.